The third-order valence-corrected chi connectivity index (χ3v) is 7.14. The van der Waals surface area contributed by atoms with Gasteiger partial charge >= 0.3 is 6.03 Å². The summed E-state index contributed by atoms with van der Waals surface area (Å²) in [6, 6.07) is 10.4. The van der Waals surface area contributed by atoms with Crippen LogP contribution in [0.25, 0.3) is 0 Å². The summed E-state index contributed by atoms with van der Waals surface area (Å²) < 4.78 is 38.6. The van der Waals surface area contributed by atoms with Crippen molar-refractivity contribution in [2.45, 2.75) is 36.6 Å². The van der Waals surface area contributed by atoms with Crippen LogP contribution in [0.5, 0.6) is 0 Å². The lowest BCUT2D eigenvalue weighted by Crippen LogP contribution is -2.44. The fraction of sp³-hybridized carbons (Fsp3) is 0.333. The first-order valence-corrected chi connectivity index (χ1v) is 11.6. The van der Waals surface area contributed by atoms with Crippen molar-refractivity contribution in [3.63, 3.8) is 0 Å². The molecule has 0 aliphatic carbocycles. The maximum atomic E-state index is 13.4. The van der Waals surface area contributed by atoms with Gasteiger partial charge in [0.25, 0.3) is 5.91 Å². The fourth-order valence-electron chi connectivity index (χ4n) is 3.49. The van der Waals surface area contributed by atoms with Gasteiger partial charge in [-0.1, -0.05) is 43.5 Å². The van der Waals surface area contributed by atoms with Gasteiger partial charge in [-0.2, -0.15) is 0 Å². The molecule has 1 unspecified atom stereocenters. The molecule has 1 aliphatic heterocycles. The zero-order chi connectivity index (χ0) is 21.9. The van der Waals surface area contributed by atoms with E-state index in [1.165, 1.54) is 48.5 Å². The zero-order valence-electron chi connectivity index (χ0n) is 16.4. The fourth-order valence-corrected chi connectivity index (χ4v) is 4.82. The number of hydrogen-bond acceptors (Lipinski definition) is 4. The highest BCUT2D eigenvalue weighted by Gasteiger charge is 2.51. The van der Waals surface area contributed by atoms with E-state index in [1.807, 2.05) is 6.92 Å². The molecule has 1 atom stereocenters. The van der Waals surface area contributed by atoms with Gasteiger partial charge in [0.1, 0.15) is 11.4 Å². The molecule has 3 rings (SSSR count). The van der Waals surface area contributed by atoms with Gasteiger partial charge in [-0.25, -0.2) is 17.6 Å². The van der Waals surface area contributed by atoms with Crippen LogP contribution < -0.4 is 5.32 Å². The lowest BCUT2D eigenvalue weighted by Gasteiger charge is -2.27. The zero-order valence-corrected chi connectivity index (χ0v) is 18.0. The van der Waals surface area contributed by atoms with Crippen molar-refractivity contribution in [2.75, 3.05) is 12.3 Å². The SMILES string of the molecule is CCCCC1(c2ccc(F)cc2)NC(=O)N(CCS(=O)(=O)c2ccc(Cl)cc2)C1=O. The molecule has 0 aromatic heterocycles. The second kappa shape index (κ2) is 8.73. The molecule has 1 saturated heterocycles. The summed E-state index contributed by atoms with van der Waals surface area (Å²) >= 11 is 5.80. The van der Waals surface area contributed by atoms with E-state index in [0.29, 0.717) is 23.4 Å². The van der Waals surface area contributed by atoms with E-state index in [0.717, 1.165) is 11.3 Å². The van der Waals surface area contributed by atoms with Crippen molar-refractivity contribution in [1.82, 2.24) is 10.2 Å². The minimum absolute atomic E-state index is 0.0646. The van der Waals surface area contributed by atoms with Gasteiger partial charge in [-0.15, -0.1) is 0 Å². The standard InChI is InChI=1S/C21H22ClFN2O4S/c1-2-3-12-21(15-4-8-17(23)9-5-15)19(26)25(20(27)24-21)13-14-30(28,29)18-10-6-16(22)7-11-18/h4-11H,2-3,12-14H2,1H3,(H,24,27). The number of halogens is 2. The number of amides is 3. The molecule has 2 aromatic carbocycles. The number of nitrogens with zero attached hydrogens (tertiary/aromatic N) is 1. The van der Waals surface area contributed by atoms with Crippen LogP contribution in [0.15, 0.2) is 53.4 Å². The Kier molecular flexibility index (Phi) is 6.47. The van der Waals surface area contributed by atoms with Gasteiger partial charge in [0.15, 0.2) is 9.84 Å². The lowest BCUT2D eigenvalue weighted by atomic mass is 9.85. The molecule has 0 spiro atoms. The third kappa shape index (κ3) is 4.34. The van der Waals surface area contributed by atoms with Gasteiger partial charge < -0.3 is 5.32 Å². The number of unbranched alkanes of at least 4 members (excludes halogenated alkanes) is 1. The monoisotopic (exact) mass is 452 g/mol. The highest BCUT2D eigenvalue weighted by atomic mass is 35.5. The summed E-state index contributed by atoms with van der Waals surface area (Å²) in [7, 11) is -3.72. The predicted molar refractivity (Wildman–Crippen MR) is 111 cm³/mol. The minimum atomic E-state index is -3.72. The molecule has 0 saturated carbocycles. The third-order valence-electron chi connectivity index (χ3n) is 5.17. The molecule has 1 N–H and O–H groups in total. The van der Waals surface area contributed by atoms with E-state index in [4.69, 9.17) is 11.6 Å². The number of rotatable bonds is 8. The summed E-state index contributed by atoms with van der Waals surface area (Å²) in [6.45, 7) is 1.67. The van der Waals surface area contributed by atoms with Crippen LogP contribution in [0.2, 0.25) is 5.02 Å². The summed E-state index contributed by atoms with van der Waals surface area (Å²) in [5.41, 5.74) is -0.857. The molecule has 1 aliphatic rings. The van der Waals surface area contributed by atoms with Crippen molar-refractivity contribution >= 4 is 33.4 Å². The number of imide groups is 1. The number of benzene rings is 2. The molecule has 0 bridgehead atoms. The van der Waals surface area contributed by atoms with Crippen LogP contribution in [0.1, 0.15) is 31.7 Å². The Labute approximate surface area is 179 Å². The highest BCUT2D eigenvalue weighted by molar-refractivity contribution is 7.91. The molecule has 2 aromatic rings. The Balaban J connectivity index is 1.84. The van der Waals surface area contributed by atoms with E-state index < -0.39 is 38.9 Å². The second-order valence-electron chi connectivity index (χ2n) is 7.18. The quantitative estimate of drug-likeness (QED) is 0.616. The predicted octanol–water partition coefficient (Wildman–Crippen LogP) is 3.89. The van der Waals surface area contributed by atoms with Crippen LogP contribution in [0.3, 0.4) is 0 Å². The maximum Gasteiger partial charge on any atom is 0.325 e. The van der Waals surface area contributed by atoms with Gasteiger partial charge in [0.05, 0.1) is 10.6 Å². The minimum Gasteiger partial charge on any atom is -0.319 e. The van der Waals surface area contributed by atoms with Crippen LogP contribution in [-0.2, 0) is 20.2 Å². The number of carbonyl (C=O) groups excluding carboxylic acids is 2. The molecular weight excluding hydrogens is 431 g/mol. The molecule has 160 valence electrons. The molecule has 1 fully saturated rings. The first-order valence-electron chi connectivity index (χ1n) is 9.58. The van der Waals surface area contributed by atoms with Crippen LogP contribution in [-0.4, -0.2) is 37.6 Å². The average Bonchev–Trinajstić information content (AvgIpc) is 2.96. The van der Waals surface area contributed by atoms with E-state index >= 15 is 0 Å². The van der Waals surface area contributed by atoms with Crippen LogP contribution in [0.4, 0.5) is 9.18 Å². The normalized spacial score (nSPS) is 19.2. The molecular formula is C21H22ClFN2O4S. The second-order valence-corrected chi connectivity index (χ2v) is 9.72. The van der Waals surface area contributed by atoms with E-state index in [2.05, 4.69) is 5.32 Å². The Hall–Kier alpha value is -2.45. The highest BCUT2D eigenvalue weighted by Crippen LogP contribution is 2.34. The summed E-state index contributed by atoms with van der Waals surface area (Å²) in [4.78, 5) is 26.9. The van der Waals surface area contributed by atoms with E-state index in [9.17, 15) is 22.4 Å². The molecule has 1 heterocycles. The summed E-state index contributed by atoms with van der Waals surface area (Å²) in [6.07, 6.45) is 1.78. The van der Waals surface area contributed by atoms with Crippen LogP contribution in [0, 0.1) is 5.82 Å². The smallest absolute Gasteiger partial charge is 0.319 e. The van der Waals surface area contributed by atoms with Gasteiger partial charge in [-0.05, 0) is 48.4 Å². The first kappa shape index (κ1) is 22.2. The largest absolute Gasteiger partial charge is 0.325 e. The van der Waals surface area contributed by atoms with E-state index in [-0.39, 0.29) is 11.4 Å². The number of urea groups is 1. The van der Waals surface area contributed by atoms with Gasteiger partial charge in [-0.3, -0.25) is 9.69 Å². The van der Waals surface area contributed by atoms with Crippen molar-refractivity contribution in [1.29, 1.82) is 0 Å². The Morgan fingerprint density at radius 1 is 1.07 bits per heavy atom. The Morgan fingerprint density at radius 3 is 2.30 bits per heavy atom. The molecule has 9 heteroatoms. The van der Waals surface area contributed by atoms with Crippen molar-refractivity contribution in [2.24, 2.45) is 0 Å². The van der Waals surface area contributed by atoms with Gasteiger partial charge in [0, 0.05) is 11.6 Å². The Bertz CT molecular complexity index is 1040. The number of sulfone groups is 1. The first-order chi connectivity index (χ1) is 14.2. The lowest BCUT2D eigenvalue weighted by molar-refractivity contribution is -0.131. The van der Waals surface area contributed by atoms with Crippen molar-refractivity contribution in [3.05, 3.63) is 64.9 Å². The average molecular weight is 453 g/mol. The van der Waals surface area contributed by atoms with Gasteiger partial charge in [0.2, 0.25) is 0 Å². The van der Waals surface area contributed by atoms with Crippen LogP contribution >= 0.6 is 11.6 Å². The molecule has 30 heavy (non-hydrogen) atoms. The van der Waals surface area contributed by atoms with Crippen molar-refractivity contribution < 1.29 is 22.4 Å². The summed E-state index contributed by atoms with van der Waals surface area (Å²) in [5.74, 6) is -1.40. The summed E-state index contributed by atoms with van der Waals surface area (Å²) in [5, 5.41) is 3.13. The molecule has 0 radical (unpaired) electrons. The Morgan fingerprint density at radius 2 is 1.70 bits per heavy atom. The topological polar surface area (TPSA) is 83.6 Å². The van der Waals surface area contributed by atoms with Crippen molar-refractivity contribution in [3.8, 4) is 0 Å². The number of hydrogen-bond donors (Lipinski definition) is 1. The van der Waals surface area contributed by atoms with E-state index in [1.54, 1.807) is 0 Å². The maximum absolute atomic E-state index is 13.4. The number of nitrogens with one attached hydrogen (secondary N) is 1. The molecule has 3 amide bonds. The number of carbonyl (C=O) groups is 2. The molecule has 6 nitrogen and oxygen atoms in total.